The van der Waals surface area contributed by atoms with Gasteiger partial charge in [0, 0.05) is 32.4 Å². The molecule has 6 nitrogen and oxygen atoms in total. The molecule has 0 bridgehead atoms. The lowest BCUT2D eigenvalue weighted by molar-refractivity contribution is -0.145. The first kappa shape index (κ1) is 17.0. The molecule has 0 aromatic carbocycles. The number of carbonyl (C=O) groups is 2. The van der Waals surface area contributed by atoms with Crippen LogP contribution in [0, 0.1) is 5.92 Å². The average molecular weight is 332 g/mol. The van der Waals surface area contributed by atoms with Gasteiger partial charge in [-0.3, -0.25) is 14.3 Å². The maximum absolute atomic E-state index is 13.3. The van der Waals surface area contributed by atoms with E-state index in [0.717, 1.165) is 45.1 Å². The van der Waals surface area contributed by atoms with Gasteiger partial charge in [-0.1, -0.05) is 6.92 Å². The highest BCUT2D eigenvalue weighted by atomic mass is 16.2. The quantitative estimate of drug-likeness (QED) is 0.922. The molecule has 6 heteroatoms. The first-order valence-corrected chi connectivity index (χ1v) is 9.07. The molecule has 1 atom stereocenters. The second kappa shape index (κ2) is 6.95. The van der Waals surface area contributed by atoms with Gasteiger partial charge in [0.05, 0.1) is 6.04 Å². The van der Waals surface area contributed by atoms with Crippen LogP contribution >= 0.6 is 0 Å². The summed E-state index contributed by atoms with van der Waals surface area (Å²) in [6, 6.07) is 2.15. The molecule has 1 aliphatic carbocycles. The van der Waals surface area contributed by atoms with Crippen LogP contribution in [0.5, 0.6) is 0 Å². The van der Waals surface area contributed by atoms with Gasteiger partial charge in [-0.05, 0) is 50.5 Å². The van der Waals surface area contributed by atoms with Gasteiger partial charge in [-0.2, -0.15) is 5.10 Å². The van der Waals surface area contributed by atoms with Crippen LogP contribution in [0.4, 0.5) is 0 Å². The molecule has 2 aliphatic rings. The van der Waals surface area contributed by atoms with Crippen LogP contribution in [0.1, 0.15) is 58.4 Å². The van der Waals surface area contributed by atoms with E-state index in [2.05, 4.69) is 17.3 Å². The monoisotopic (exact) mass is 332 g/mol. The molecule has 1 saturated heterocycles. The molecule has 0 unspecified atom stereocenters. The highest BCUT2D eigenvalue weighted by Gasteiger charge is 2.45. The maximum atomic E-state index is 13.3. The van der Waals surface area contributed by atoms with Crippen molar-refractivity contribution in [2.75, 3.05) is 13.1 Å². The highest BCUT2D eigenvalue weighted by molar-refractivity contribution is 5.91. The minimum absolute atomic E-state index is 0.0986. The first-order valence-electron chi connectivity index (χ1n) is 9.07. The second-order valence-corrected chi connectivity index (χ2v) is 7.48. The molecule has 1 aromatic heterocycles. The number of nitrogens with zero attached hydrogens (tertiary/aromatic N) is 3. The van der Waals surface area contributed by atoms with Gasteiger partial charge >= 0.3 is 0 Å². The number of rotatable bonds is 3. The third-order valence-corrected chi connectivity index (χ3v) is 5.54. The third kappa shape index (κ3) is 3.47. The summed E-state index contributed by atoms with van der Waals surface area (Å²) in [5.41, 5.74) is -0.704. The Bertz CT molecular complexity index is 576. The first-order chi connectivity index (χ1) is 11.5. The van der Waals surface area contributed by atoms with Gasteiger partial charge in [-0.15, -0.1) is 0 Å². The lowest BCUT2D eigenvalue weighted by atomic mass is 9.76. The summed E-state index contributed by atoms with van der Waals surface area (Å²) in [5.74, 6) is 0.609. The van der Waals surface area contributed by atoms with Gasteiger partial charge in [-0.25, -0.2) is 0 Å². The van der Waals surface area contributed by atoms with Crippen LogP contribution in [0.15, 0.2) is 18.5 Å². The Hall–Kier alpha value is -1.85. The van der Waals surface area contributed by atoms with Gasteiger partial charge in [0.1, 0.15) is 5.54 Å². The number of hydrogen-bond acceptors (Lipinski definition) is 3. The Morgan fingerprint density at radius 1 is 1.25 bits per heavy atom. The second-order valence-electron chi connectivity index (χ2n) is 7.48. The summed E-state index contributed by atoms with van der Waals surface area (Å²) in [6.07, 6.45) is 9.22. The fraction of sp³-hybridized carbons (Fsp3) is 0.722. The smallest absolute Gasteiger partial charge is 0.248 e. The molecule has 2 amide bonds. The molecule has 1 aromatic rings. The zero-order valence-electron chi connectivity index (χ0n) is 14.7. The Labute approximate surface area is 143 Å². The van der Waals surface area contributed by atoms with E-state index in [9.17, 15) is 9.59 Å². The van der Waals surface area contributed by atoms with E-state index in [4.69, 9.17) is 0 Å². The predicted octanol–water partition coefficient (Wildman–Crippen LogP) is 2.13. The van der Waals surface area contributed by atoms with Crippen molar-refractivity contribution in [1.82, 2.24) is 20.0 Å². The van der Waals surface area contributed by atoms with Crippen LogP contribution in [-0.2, 0) is 9.59 Å². The van der Waals surface area contributed by atoms with Gasteiger partial charge < -0.3 is 10.2 Å². The van der Waals surface area contributed by atoms with Crippen molar-refractivity contribution in [1.29, 1.82) is 0 Å². The van der Waals surface area contributed by atoms with Crippen LogP contribution in [0.2, 0.25) is 0 Å². The summed E-state index contributed by atoms with van der Waals surface area (Å²) >= 11 is 0. The molecule has 0 radical (unpaired) electrons. The van der Waals surface area contributed by atoms with Crippen molar-refractivity contribution in [2.45, 2.75) is 64.0 Å². The Morgan fingerprint density at radius 3 is 2.62 bits per heavy atom. The molecule has 3 rings (SSSR count). The molecule has 1 N–H and O–H groups in total. The molecule has 1 aliphatic heterocycles. The summed E-state index contributed by atoms with van der Waals surface area (Å²) in [6.45, 7) is 5.18. The summed E-state index contributed by atoms with van der Waals surface area (Å²) in [7, 11) is 0. The van der Waals surface area contributed by atoms with E-state index in [0.29, 0.717) is 12.5 Å². The number of piperidine rings is 1. The lowest BCUT2D eigenvalue weighted by Crippen LogP contribution is -2.61. The van der Waals surface area contributed by atoms with Crippen LogP contribution in [-0.4, -0.2) is 45.1 Å². The van der Waals surface area contributed by atoms with Crippen LogP contribution in [0.25, 0.3) is 0 Å². The fourth-order valence-electron chi connectivity index (χ4n) is 4.14. The highest BCUT2D eigenvalue weighted by Crippen LogP contribution is 2.34. The molecule has 2 heterocycles. The van der Waals surface area contributed by atoms with Crippen molar-refractivity contribution in [3.05, 3.63) is 18.5 Å². The number of carbonyl (C=O) groups excluding carboxylic acids is 2. The summed E-state index contributed by atoms with van der Waals surface area (Å²) in [5, 5.41) is 7.34. The van der Waals surface area contributed by atoms with Crippen LogP contribution < -0.4 is 5.32 Å². The number of likely N-dealkylation sites (tertiary alicyclic amines) is 1. The number of nitrogens with one attached hydrogen (secondary N) is 1. The molecular weight excluding hydrogens is 304 g/mol. The average Bonchev–Trinajstić information content (AvgIpc) is 3.11. The van der Waals surface area contributed by atoms with Crippen LogP contribution in [0.3, 0.4) is 0 Å². The Balaban J connectivity index is 1.75. The third-order valence-electron chi connectivity index (χ3n) is 5.54. The van der Waals surface area contributed by atoms with Crippen molar-refractivity contribution >= 4 is 11.8 Å². The molecule has 24 heavy (non-hydrogen) atoms. The SMILES string of the molecule is CC(=O)NC1(C(=O)N2CCC[C@@H](n3cccn3)C2)CCC(C)CC1. The van der Waals surface area contributed by atoms with Gasteiger partial charge in [0.2, 0.25) is 11.8 Å². The van der Waals surface area contributed by atoms with Crippen molar-refractivity contribution in [3.8, 4) is 0 Å². The zero-order chi connectivity index (χ0) is 17.2. The van der Waals surface area contributed by atoms with Crippen molar-refractivity contribution in [3.63, 3.8) is 0 Å². The van der Waals surface area contributed by atoms with E-state index in [-0.39, 0.29) is 17.9 Å². The molecule has 1 saturated carbocycles. The lowest BCUT2D eigenvalue weighted by Gasteiger charge is -2.43. The molecule has 2 fully saturated rings. The van der Waals surface area contributed by atoms with E-state index in [1.165, 1.54) is 6.92 Å². The largest absolute Gasteiger partial charge is 0.342 e. The number of hydrogen-bond donors (Lipinski definition) is 1. The minimum Gasteiger partial charge on any atom is -0.342 e. The predicted molar refractivity (Wildman–Crippen MR) is 91.3 cm³/mol. The number of aromatic nitrogens is 2. The summed E-state index contributed by atoms with van der Waals surface area (Å²) < 4.78 is 1.95. The van der Waals surface area contributed by atoms with Gasteiger partial charge in [0.25, 0.3) is 0 Å². The summed E-state index contributed by atoms with van der Waals surface area (Å²) in [4.78, 5) is 27.0. The van der Waals surface area contributed by atoms with Crippen molar-refractivity contribution < 1.29 is 9.59 Å². The fourth-order valence-corrected chi connectivity index (χ4v) is 4.14. The van der Waals surface area contributed by atoms with E-state index >= 15 is 0 Å². The van der Waals surface area contributed by atoms with E-state index in [1.807, 2.05) is 21.8 Å². The molecular formula is C18H28N4O2. The Morgan fingerprint density at radius 2 is 2.00 bits per heavy atom. The maximum Gasteiger partial charge on any atom is 0.248 e. The normalized spacial score (nSPS) is 30.8. The minimum atomic E-state index is -0.704. The number of amides is 2. The van der Waals surface area contributed by atoms with Crippen molar-refractivity contribution in [2.24, 2.45) is 5.92 Å². The molecule has 132 valence electrons. The Kier molecular flexibility index (Phi) is 4.92. The van der Waals surface area contributed by atoms with E-state index < -0.39 is 5.54 Å². The standard InChI is InChI=1S/C18H28N4O2/c1-14-6-8-18(9-7-14,20-15(2)23)17(24)21-11-3-5-16(13-21)22-12-4-10-19-22/h4,10,12,14,16H,3,5-9,11,13H2,1-2H3,(H,20,23)/t14?,16-,18?/m1/s1. The van der Waals surface area contributed by atoms with Gasteiger partial charge in [0.15, 0.2) is 0 Å². The zero-order valence-corrected chi connectivity index (χ0v) is 14.7. The van der Waals surface area contributed by atoms with E-state index in [1.54, 1.807) is 6.20 Å². The topological polar surface area (TPSA) is 67.2 Å². The molecule has 0 spiro atoms.